The summed E-state index contributed by atoms with van der Waals surface area (Å²) >= 11 is 0. The van der Waals surface area contributed by atoms with Crippen LogP contribution in [-0.2, 0) is 9.59 Å². The first-order valence-electron chi connectivity index (χ1n) is 11.3. The number of hydrogen-bond donors (Lipinski definition) is 4. The molecule has 0 radical (unpaired) electrons. The number of nitrogens with two attached hydrogens (primary N) is 1. The number of hydrogen-bond acceptors (Lipinski definition) is 4. The molecule has 0 bridgehead atoms. The van der Waals surface area contributed by atoms with Crippen LogP contribution >= 0.6 is 0 Å². The topological polar surface area (TPSA) is 132 Å². The molecule has 0 unspecified atom stereocenters. The standard InChI is InChI=1S/C23H25FN4O2.C2HF3O2/c1-14(21(25)22(29)28-10-9-19(24)13-28)15-5-7-16(8-6-15)17-3-2-4-18(11-17)20-12-26-23(30)27-20;3-2(4,5)1(6)7/h2-8,11-12,14,19,21H,9-10,13,25H2,1H3,(H2,26,27,30);(H,6,7)/t14-,19-,21-;/m0./s1. The SMILES string of the molecule is C[C@@H](c1ccc(-c2cccc(-c3c[nH]c(=O)[nH]3)c2)cc1)[C@H](N)C(=O)N1CC[C@H](F)C1.O=C(O)C(F)(F)F. The molecule has 2 aromatic carbocycles. The fourth-order valence-corrected chi connectivity index (χ4v) is 3.88. The van der Waals surface area contributed by atoms with Crippen LogP contribution in [0, 0.1) is 0 Å². The number of H-pyrrole nitrogens is 2. The third-order valence-electron chi connectivity index (χ3n) is 6.05. The van der Waals surface area contributed by atoms with Gasteiger partial charge in [-0.15, -0.1) is 0 Å². The van der Waals surface area contributed by atoms with E-state index in [0.29, 0.717) is 13.0 Å². The highest BCUT2D eigenvalue weighted by molar-refractivity contribution is 5.83. The molecule has 3 atom stereocenters. The number of nitrogens with zero attached hydrogens (tertiary/aromatic N) is 1. The summed E-state index contributed by atoms with van der Waals surface area (Å²) in [7, 11) is 0. The Balaban J connectivity index is 0.000000479. The number of carbonyl (C=O) groups excluding carboxylic acids is 1. The van der Waals surface area contributed by atoms with Crippen LogP contribution in [0.1, 0.15) is 24.8 Å². The third-order valence-corrected chi connectivity index (χ3v) is 6.05. The fourth-order valence-electron chi connectivity index (χ4n) is 3.88. The van der Waals surface area contributed by atoms with Gasteiger partial charge in [-0.25, -0.2) is 14.0 Å². The lowest BCUT2D eigenvalue weighted by Crippen LogP contribution is -2.45. The molecule has 5 N–H and O–H groups in total. The first-order valence-corrected chi connectivity index (χ1v) is 11.3. The van der Waals surface area contributed by atoms with E-state index in [9.17, 15) is 27.2 Å². The number of alkyl halides is 4. The average molecular weight is 522 g/mol. The van der Waals surface area contributed by atoms with Crippen molar-refractivity contribution in [3.63, 3.8) is 0 Å². The van der Waals surface area contributed by atoms with Crippen molar-refractivity contribution in [3.8, 4) is 22.4 Å². The molecule has 1 fully saturated rings. The number of likely N-dealkylation sites (tertiary alicyclic amines) is 1. The van der Waals surface area contributed by atoms with Crippen molar-refractivity contribution in [1.82, 2.24) is 14.9 Å². The fraction of sp³-hybridized carbons (Fsp3) is 0.320. The Morgan fingerprint density at radius 2 is 1.73 bits per heavy atom. The number of aliphatic carboxylic acids is 1. The molecule has 0 saturated carbocycles. The van der Waals surface area contributed by atoms with Crippen molar-refractivity contribution in [2.75, 3.05) is 13.1 Å². The molecule has 3 aromatic rings. The lowest BCUT2D eigenvalue weighted by atomic mass is 9.91. The van der Waals surface area contributed by atoms with Gasteiger partial charge in [0.25, 0.3) is 0 Å². The maximum atomic E-state index is 13.4. The number of benzene rings is 2. The molecule has 2 heterocycles. The maximum Gasteiger partial charge on any atom is 0.490 e. The third kappa shape index (κ3) is 7.06. The largest absolute Gasteiger partial charge is 0.490 e. The van der Waals surface area contributed by atoms with Gasteiger partial charge in [0, 0.05) is 24.2 Å². The molecule has 1 aliphatic rings. The summed E-state index contributed by atoms with van der Waals surface area (Å²) in [4.78, 5) is 39.7. The van der Waals surface area contributed by atoms with E-state index >= 15 is 0 Å². The quantitative estimate of drug-likeness (QED) is 0.380. The number of carboxylic acids is 1. The van der Waals surface area contributed by atoms with E-state index in [1.165, 1.54) is 4.90 Å². The van der Waals surface area contributed by atoms with Crippen molar-refractivity contribution in [3.05, 3.63) is 70.8 Å². The van der Waals surface area contributed by atoms with Gasteiger partial charge in [0.2, 0.25) is 5.91 Å². The molecule has 1 amide bonds. The zero-order valence-electron chi connectivity index (χ0n) is 19.8. The highest BCUT2D eigenvalue weighted by atomic mass is 19.4. The number of nitrogens with one attached hydrogen (secondary N) is 2. The van der Waals surface area contributed by atoms with Gasteiger partial charge in [0.05, 0.1) is 18.3 Å². The summed E-state index contributed by atoms with van der Waals surface area (Å²) in [6.07, 6.45) is -4.00. The van der Waals surface area contributed by atoms with Gasteiger partial charge in [-0.05, 0) is 29.2 Å². The number of carboxylic acid groups (broad SMARTS) is 1. The second-order valence-electron chi connectivity index (χ2n) is 8.65. The van der Waals surface area contributed by atoms with E-state index < -0.39 is 24.4 Å². The van der Waals surface area contributed by atoms with Crippen molar-refractivity contribution < 1.29 is 32.3 Å². The average Bonchev–Trinajstić information content (AvgIpc) is 3.51. The van der Waals surface area contributed by atoms with Crippen LogP contribution in [0.25, 0.3) is 22.4 Å². The van der Waals surface area contributed by atoms with Crippen LogP contribution in [0.5, 0.6) is 0 Å². The van der Waals surface area contributed by atoms with Gasteiger partial charge in [-0.2, -0.15) is 13.2 Å². The molecular weight excluding hydrogens is 496 g/mol. The maximum absolute atomic E-state index is 13.4. The molecule has 1 saturated heterocycles. The molecule has 8 nitrogen and oxygen atoms in total. The lowest BCUT2D eigenvalue weighted by Gasteiger charge is -2.25. The molecular formula is C25H26F4N4O4. The van der Waals surface area contributed by atoms with Gasteiger partial charge >= 0.3 is 17.8 Å². The number of amides is 1. The number of aromatic amines is 2. The molecule has 198 valence electrons. The van der Waals surface area contributed by atoms with Crippen LogP contribution in [0.3, 0.4) is 0 Å². The minimum Gasteiger partial charge on any atom is -0.475 e. The predicted octanol–water partition coefficient (Wildman–Crippen LogP) is 3.67. The molecule has 1 aliphatic heterocycles. The minimum absolute atomic E-state index is 0.140. The monoisotopic (exact) mass is 522 g/mol. The minimum atomic E-state index is -5.08. The second kappa shape index (κ2) is 11.4. The summed E-state index contributed by atoms with van der Waals surface area (Å²) in [6, 6.07) is 15.1. The molecule has 0 spiro atoms. The van der Waals surface area contributed by atoms with E-state index in [1.807, 2.05) is 55.5 Å². The van der Waals surface area contributed by atoms with Crippen molar-refractivity contribution in [2.24, 2.45) is 5.73 Å². The highest BCUT2D eigenvalue weighted by Gasteiger charge is 2.38. The van der Waals surface area contributed by atoms with E-state index in [4.69, 9.17) is 15.6 Å². The Morgan fingerprint density at radius 3 is 2.24 bits per heavy atom. The van der Waals surface area contributed by atoms with Gasteiger partial charge in [-0.3, -0.25) is 4.79 Å². The van der Waals surface area contributed by atoms with Gasteiger partial charge < -0.3 is 25.7 Å². The van der Waals surface area contributed by atoms with Gasteiger partial charge in [0.15, 0.2) is 0 Å². The summed E-state index contributed by atoms with van der Waals surface area (Å²) in [5.41, 5.74) is 10.6. The lowest BCUT2D eigenvalue weighted by molar-refractivity contribution is -0.192. The summed E-state index contributed by atoms with van der Waals surface area (Å²) in [5.74, 6) is -3.13. The van der Waals surface area contributed by atoms with Crippen molar-refractivity contribution in [1.29, 1.82) is 0 Å². The molecule has 4 rings (SSSR count). The molecule has 1 aromatic heterocycles. The van der Waals surface area contributed by atoms with E-state index in [2.05, 4.69) is 9.97 Å². The number of halogens is 4. The van der Waals surface area contributed by atoms with Gasteiger partial charge in [0.1, 0.15) is 6.17 Å². The number of carbonyl (C=O) groups is 2. The Bertz CT molecular complexity index is 1290. The first-order chi connectivity index (χ1) is 17.4. The van der Waals surface area contributed by atoms with Crippen molar-refractivity contribution in [2.45, 2.75) is 37.7 Å². The zero-order chi connectivity index (χ0) is 27.3. The Morgan fingerprint density at radius 1 is 1.11 bits per heavy atom. The Labute approximate surface area is 209 Å². The summed E-state index contributed by atoms with van der Waals surface area (Å²) in [6.45, 7) is 2.49. The Hall–Kier alpha value is -3.93. The number of imidazole rings is 1. The molecule has 0 aliphatic carbocycles. The predicted molar refractivity (Wildman–Crippen MR) is 128 cm³/mol. The smallest absolute Gasteiger partial charge is 0.475 e. The van der Waals surface area contributed by atoms with Crippen molar-refractivity contribution >= 4 is 11.9 Å². The first kappa shape index (κ1) is 27.7. The van der Waals surface area contributed by atoms with Crippen LogP contribution in [0.2, 0.25) is 0 Å². The Kier molecular flexibility index (Phi) is 8.53. The highest BCUT2D eigenvalue weighted by Crippen LogP contribution is 2.28. The molecule has 12 heteroatoms. The van der Waals surface area contributed by atoms with Crippen LogP contribution in [-0.4, -0.2) is 63.3 Å². The summed E-state index contributed by atoms with van der Waals surface area (Å²) < 4.78 is 45.1. The number of rotatable bonds is 5. The van der Waals surface area contributed by atoms with E-state index in [0.717, 1.165) is 27.9 Å². The number of aromatic nitrogens is 2. The molecule has 37 heavy (non-hydrogen) atoms. The zero-order valence-corrected chi connectivity index (χ0v) is 19.8. The van der Waals surface area contributed by atoms with E-state index in [1.54, 1.807) is 6.20 Å². The summed E-state index contributed by atoms with van der Waals surface area (Å²) in [5, 5.41) is 7.12. The normalized spacial score (nSPS) is 17.0. The van der Waals surface area contributed by atoms with Crippen LogP contribution in [0.4, 0.5) is 17.6 Å². The van der Waals surface area contributed by atoms with Crippen LogP contribution in [0.15, 0.2) is 59.5 Å². The van der Waals surface area contributed by atoms with Crippen LogP contribution < -0.4 is 11.4 Å². The van der Waals surface area contributed by atoms with Gasteiger partial charge in [-0.1, -0.05) is 49.4 Å². The van der Waals surface area contributed by atoms with E-state index in [-0.39, 0.29) is 24.1 Å². The second-order valence-corrected chi connectivity index (χ2v) is 8.65.